The summed E-state index contributed by atoms with van der Waals surface area (Å²) in [4.78, 5) is 24.3. The first kappa shape index (κ1) is 19.1. The van der Waals surface area contributed by atoms with E-state index in [4.69, 9.17) is 9.47 Å². The van der Waals surface area contributed by atoms with Gasteiger partial charge in [0.25, 0.3) is 0 Å². The first-order valence-electron chi connectivity index (χ1n) is 9.41. The summed E-state index contributed by atoms with van der Waals surface area (Å²) >= 11 is 0. The fraction of sp³-hybridized carbons (Fsp3) is 0.476. The lowest BCUT2D eigenvalue weighted by molar-refractivity contribution is 0.0906. The number of hydrogen-bond donors (Lipinski definition) is 0. The Hall–Kier alpha value is -2.63. The van der Waals surface area contributed by atoms with E-state index >= 15 is 0 Å². The van der Waals surface area contributed by atoms with Gasteiger partial charge in [-0.25, -0.2) is 9.97 Å². The highest BCUT2D eigenvalue weighted by Crippen LogP contribution is 2.31. The number of rotatable bonds is 6. The summed E-state index contributed by atoms with van der Waals surface area (Å²) in [6.07, 6.45) is 4.63. The molecule has 1 aromatic carbocycles. The molecule has 1 aliphatic rings. The fourth-order valence-electron chi connectivity index (χ4n) is 3.61. The number of methoxy groups -OCH3 is 2. The van der Waals surface area contributed by atoms with Crippen molar-refractivity contribution in [1.82, 2.24) is 9.97 Å². The smallest absolute Gasteiger partial charge is 0.167 e. The maximum Gasteiger partial charge on any atom is 0.167 e. The number of Topliss-reactive ketones (excluding diaryl/α,β-unsaturated/α-hetero) is 1. The molecule has 0 aliphatic carbocycles. The summed E-state index contributed by atoms with van der Waals surface area (Å²) in [5.74, 6) is 3.02. The summed E-state index contributed by atoms with van der Waals surface area (Å²) in [5.41, 5.74) is 1.79. The number of carbonyl (C=O) groups excluding carboxylic acids is 1. The van der Waals surface area contributed by atoms with Gasteiger partial charge in [0.05, 0.1) is 14.2 Å². The molecule has 2 heterocycles. The first-order valence-corrected chi connectivity index (χ1v) is 9.41. The molecule has 1 aromatic heterocycles. The SMILES string of the molecule is CCc1cnc(C)nc1N1CCC[C@@H](C(=O)c2ccc(OC)c(OC)c2)C1. The number of ether oxygens (including phenoxy) is 2. The second-order valence-corrected chi connectivity index (χ2v) is 6.84. The number of benzene rings is 1. The first-order chi connectivity index (χ1) is 13.1. The molecular formula is C21H27N3O3. The molecule has 6 nitrogen and oxygen atoms in total. The van der Waals surface area contributed by atoms with E-state index in [1.807, 2.05) is 19.2 Å². The van der Waals surface area contributed by atoms with Crippen LogP contribution < -0.4 is 14.4 Å². The molecule has 0 N–H and O–H groups in total. The van der Waals surface area contributed by atoms with Crippen molar-refractivity contribution in [2.24, 2.45) is 5.92 Å². The molecule has 0 unspecified atom stereocenters. The summed E-state index contributed by atoms with van der Waals surface area (Å²) in [7, 11) is 3.17. The molecule has 0 bridgehead atoms. The molecule has 1 atom stereocenters. The normalized spacial score (nSPS) is 16.9. The molecule has 3 rings (SSSR count). The van der Waals surface area contributed by atoms with E-state index < -0.39 is 0 Å². The molecular weight excluding hydrogens is 342 g/mol. The summed E-state index contributed by atoms with van der Waals surface area (Å²) in [5, 5.41) is 0. The van der Waals surface area contributed by atoms with E-state index in [0.29, 0.717) is 23.6 Å². The number of carbonyl (C=O) groups is 1. The van der Waals surface area contributed by atoms with Gasteiger partial charge in [-0.3, -0.25) is 4.79 Å². The van der Waals surface area contributed by atoms with Crippen LogP contribution in [0.5, 0.6) is 11.5 Å². The monoisotopic (exact) mass is 369 g/mol. The number of aromatic nitrogens is 2. The third kappa shape index (κ3) is 4.04. The van der Waals surface area contributed by atoms with Crippen LogP contribution >= 0.6 is 0 Å². The highest BCUT2D eigenvalue weighted by molar-refractivity contribution is 5.99. The van der Waals surface area contributed by atoms with Crippen molar-refractivity contribution in [2.75, 3.05) is 32.2 Å². The Balaban J connectivity index is 1.82. The summed E-state index contributed by atoms with van der Waals surface area (Å²) in [6, 6.07) is 5.37. The van der Waals surface area contributed by atoms with Gasteiger partial charge in [0.15, 0.2) is 17.3 Å². The zero-order valence-electron chi connectivity index (χ0n) is 16.5. The lowest BCUT2D eigenvalue weighted by Gasteiger charge is -2.34. The lowest BCUT2D eigenvalue weighted by atomic mass is 9.89. The van der Waals surface area contributed by atoms with Crippen molar-refractivity contribution in [3.05, 3.63) is 41.3 Å². The summed E-state index contributed by atoms with van der Waals surface area (Å²) in [6.45, 7) is 5.60. The minimum atomic E-state index is -0.0585. The van der Waals surface area contributed by atoms with Crippen LogP contribution in [0.4, 0.5) is 5.82 Å². The molecule has 1 fully saturated rings. The van der Waals surface area contributed by atoms with E-state index in [1.54, 1.807) is 26.4 Å². The molecule has 2 aromatic rings. The molecule has 1 aliphatic heterocycles. The Bertz CT molecular complexity index is 822. The molecule has 27 heavy (non-hydrogen) atoms. The van der Waals surface area contributed by atoms with Crippen molar-refractivity contribution in [3.8, 4) is 11.5 Å². The van der Waals surface area contributed by atoms with Crippen LogP contribution in [-0.4, -0.2) is 43.1 Å². The number of aryl methyl sites for hydroxylation is 2. The molecule has 1 saturated heterocycles. The van der Waals surface area contributed by atoms with Crippen LogP contribution in [0.3, 0.4) is 0 Å². The predicted octanol–water partition coefficient (Wildman–Crippen LogP) is 3.46. The van der Waals surface area contributed by atoms with E-state index in [-0.39, 0.29) is 11.7 Å². The van der Waals surface area contributed by atoms with E-state index in [9.17, 15) is 4.79 Å². The molecule has 0 spiro atoms. The highest BCUT2D eigenvalue weighted by Gasteiger charge is 2.29. The average molecular weight is 369 g/mol. The minimum Gasteiger partial charge on any atom is -0.493 e. The Morgan fingerprint density at radius 1 is 1.26 bits per heavy atom. The third-order valence-electron chi connectivity index (χ3n) is 5.10. The van der Waals surface area contributed by atoms with Crippen LogP contribution in [0.1, 0.15) is 41.5 Å². The van der Waals surface area contributed by atoms with Crippen molar-refractivity contribution < 1.29 is 14.3 Å². The minimum absolute atomic E-state index is 0.0585. The predicted molar refractivity (Wildman–Crippen MR) is 105 cm³/mol. The van der Waals surface area contributed by atoms with Crippen LogP contribution in [0.15, 0.2) is 24.4 Å². The van der Waals surface area contributed by atoms with Gasteiger partial charge in [0, 0.05) is 36.3 Å². The Morgan fingerprint density at radius 3 is 2.74 bits per heavy atom. The van der Waals surface area contributed by atoms with E-state index in [0.717, 1.165) is 43.0 Å². The number of ketones is 1. The van der Waals surface area contributed by atoms with Gasteiger partial charge in [0.2, 0.25) is 0 Å². The molecule has 6 heteroatoms. The standard InChI is InChI=1S/C21H27N3O3/c1-5-15-12-22-14(2)23-21(15)24-10-6-7-17(13-24)20(25)16-8-9-18(26-3)19(11-16)27-4/h8-9,11-12,17H,5-7,10,13H2,1-4H3/t17-/m1/s1. The molecule has 0 saturated carbocycles. The van der Waals surface area contributed by atoms with Crippen LogP contribution in [0.2, 0.25) is 0 Å². The number of hydrogen-bond acceptors (Lipinski definition) is 6. The van der Waals surface area contributed by atoms with Gasteiger partial charge in [-0.1, -0.05) is 6.92 Å². The van der Waals surface area contributed by atoms with Gasteiger partial charge in [-0.2, -0.15) is 0 Å². The van der Waals surface area contributed by atoms with Crippen LogP contribution in [0.25, 0.3) is 0 Å². The maximum absolute atomic E-state index is 13.1. The molecule has 0 radical (unpaired) electrons. The Kier molecular flexibility index (Phi) is 5.94. The molecule has 144 valence electrons. The van der Waals surface area contributed by atoms with Crippen molar-refractivity contribution >= 4 is 11.6 Å². The van der Waals surface area contributed by atoms with E-state index in [1.165, 1.54) is 0 Å². The average Bonchev–Trinajstić information content (AvgIpc) is 2.72. The van der Waals surface area contributed by atoms with Crippen LogP contribution in [0, 0.1) is 12.8 Å². The van der Waals surface area contributed by atoms with Gasteiger partial charge in [-0.15, -0.1) is 0 Å². The Morgan fingerprint density at radius 2 is 2.04 bits per heavy atom. The van der Waals surface area contributed by atoms with Crippen molar-refractivity contribution in [3.63, 3.8) is 0 Å². The van der Waals surface area contributed by atoms with Crippen molar-refractivity contribution in [1.29, 1.82) is 0 Å². The second kappa shape index (κ2) is 8.37. The fourth-order valence-corrected chi connectivity index (χ4v) is 3.61. The van der Waals surface area contributed by atoms with Gasteiger partial charge < -0.3 is 14.4 Å². The zero-order chi connectivity index (χ0) is 19.4. The largest absolute Gasteiger partial charge is 0.493 e. The molecule has 0 amide bonds. The van der Waals surface area contributed by atoms with Crippen molar-refractivity contribution in [2.45, 2.75) is 33.1 Å². The zero-order valence-corrected chi connectivity index (χ0v) is 16.5. The number of nitrogens with zero attached hydrogens (tertiary/aromatic N) is 3. The topological polar surface area (TPSA) is 64.6 Å². The second-order valence-electron chi connectivity index (χ2n) is 6.84. The third-order valence-corrected chi connectivity index (χ3v) is 5.10. The number of anilines is 1. The highest BCUT2D eigenvalue weighted by atomic mass is 16.5. The van der Waals surface area contributed by atoms with Gasteiger partial charge in [0.1, 0.15) is 11.6 Å². The Labute approximate surface area is 160 Å². The quantitative estimate of drug-likeness (QED) is 0.727. The van der Waals surface area contributed by atoms with Gasteiger partial charge >= 0.3 is 0 Å². The summed E-state index contributed by atoms with van der Waals surface area (Å²) < 4.78 is 10.6. The number of piperidine rings is 1. The maximum atomic E-state index is 13.1. The van der Waals surface area contributed by atoms with Gasteiger partial charge in [-0.05, 0) is 44.4 Å². The lowest BCUT2D eigenvalue weighted by Crippen LogP contribution is -2.39. The van der Waals surface area contributed by atoms with Crippen LogP contribution in [-0.2, 0) is 6.42 Å². The van der Waals surface area contributed by atoms with E-state index in [2.05, 4.69) is 21.8 Å².